The summed E-state index contributed by atoms with van der Waals surface area (Å²) in [7, 11) is -3.99. The summed E-state index contributed by atoms with van der Waals surface area (Å²) >= 11 is 15.1. The summed E-state index contributed by atoms with van der Waals surface area (Å²) in [5.74, 6) is 0.00383. The smallest absolute Gasteiger partial charge is 0.339 e. The van der Waals surface area contributed by atoms with Crippen molar-refractivity contribution >= 4 is 49.2 Å². The molecule has 0 fully saturated rings. The highest BCUT2D eigenvalue weighted by molar-refractivity contribution is 9.10. The minimum absolute atomic E-state index is 0.00383. The number of hydrogen-bond acceptors (Lipinski definition) is 3. The largest absolute Gasteiger partial charge is 0.377 e. The van der Waals surface area contributed by atoms with Crippen LogP contribution >= 0.6 is 39.1 Å². The molecule has 0 heterocycles. The van der Waals surface area contributed by atoms with Gasteiger partial charge in [-0.05, 0) is 49.2 Å². The van der Waals surface area contributed by atoms with Gasteiger partial charge in [0.15, 0.2) is 5.75 Å². The van der Waals surface area contributed by atoms with Gasteiger partial charge in [0.05, 0.1) is 5.02 Å². The van der Waals surface area contributed by atoms with E-state index in [4.69, 9.17) is 27.4 Å². The Morgan fingerprint density at radius 1 is 1.05 bits per heavy atom. The van der Waals surface area contributed by atoms with Crippen molar-refractivity contribution in [3.8, 4) is 5.75 Å². The van der Waals surface area contributed by atoms with Crippen LogP contribution in [0.25, 0.3) is 0 Å². The van der Waals surface area contributed by atoms with Gasteiger partial charge < -0.3 is 4.18 Å². The van der Waals surface area contributed by atoms with Gasteiger partial charge in [-0.25, -0.2) is 0 Å². The first-order valence-electron chi connectivity index (χ1n) is 5.87. The Labute approximate surface area is 142 Å². The zero-order valence-electron chi connectivity index (χ0n) is 11.2. The van der Waals surface area contributed by atoms with Gasteiger partial charge >= 0.3 is 10.1 Å². The molecule has 0 aromatic heterocycles. The molecule has 21 heavy (non-hydrogen) atoms. The Morgan fingerprint density at radius 2 is 1.71 bits per heavy atom. The van der Waals surface area contributed by atoms with Crippen molar-refractivity contribution < 1.29 is 12.6 Å². The molecule has 2 aromatic carbocycles. The Kier molecular flexibility index (Phi) is 4.88. The SMILES string of the molecule is Cc1cc(S(=O)(=O)Oc2cc(Cl)ccc2Cl)c(C)cc1Br. The number of rotatable bonds is 3. The molecule has 0 aliphatic rings. The number of halogens is 3. The number of aryl methyl sites for hydroxylation is 2. The van der Waals surface area contributed by atoms with Crippen molar-refractivity contribution in [2.24, 2.45) is 0 Å². The third kappa shape index (κ3) is 3.72. The minimum atomic E-state index is -3.99. The fourth-order valence-electron chi connectivity index (χ4n) is 1.73. The maximum Gasteiger partial charge on any atom is 0.339 e. The van der Waals surface area contributed by atoms with E-state index in [0.717, 1.165) is 10.0 Å². The highest BCUT2D eigenvalue weighted by Gasteiger charge is 2.22. The van der Waals surface area contributed by atoms with Crippen molar-refractivity contribution in [2.75, 3.05) is 0 Å². The molecule has 7 heteroatoms. The van der Waals surface area contributed by atoms with Crippen LogP contribution in [0, 0.1) is 13.8 Å². The van der Waals surface area contributed by atoms with E-state index in [9.17, 15) is 8.42 Å². The van der Waals surface area contributed by atoms with Crippen molar-refractivity contribution in [1.29, 1.82) is 0 Å². The average molecular weight is 410 g/mol. The van der Waals surface area contributed by atoms with E-state index < -0.39 is 10.1 Å². The Bertz CT molecular complexity index is 804. The van der Waals surface area contributed by atoms with Crippen LogP contribution in [-0.2, 0) is 10.1 Å². The van der Waals surface area contributed by atoms with Crippen LogP contribution in [0.2, 0.25) is 10.0 Å². The first-order valence-corrected chi connectivity index (χ1v) is 8.83. The van der Waals surface area contributed by atoms with E-state index >= 15 is 0 Å². The molecule has 2 rings (SSSR count). The molecule has 0 saturated carbocycles. The van der Waals surface area contributed by atoms with Crippen LogP contribution in [0.4, 0.5) is 0 Å². The average Bonchev–Trinajstić information content (AvgIpc) is 2.37. The molecule has 0 aliphatic carbocycles. The van der Waals surface area contributed by atoms with Crippen LogP contribution in [0.5, 0.6) is 5.75 Å². The standard InChI is InChI=1S/C14H11BrCl2O3S/c1-8-6-14(9(2)5-11(8)15)21(18,19)20-13-7-10(16)3-4-12(13)17/h3-7H,1-2H3. The molecule has 0 N–H and O–H groups in total. The van der Waals surface area contributed by atoms with Crippen molar-refractivity contribution in [2.45, 2.75) is 18.7 Å². The molecule has 2 aromatic rings. The predicted octanol–water partition coefficient (Wildman–Crippen LogP) is 5.14. The topological polar surface area (TPSA) is 43.4 Å². The summed E-state index contributed by atoms with van der Waals surface area (Å²) in [6.45, 7) is 3.49. The van der Waals surface area contributed by atoms with E-state index in [0.29, 0.717) is 10.6 Å². The summed E-state index contributed by atoms with van der Waals surface area (Å²) in [6, 6.07) is 7.67. The third-order valence-corrected chi connectivity index (χ3v) is 5.60. The van der Waals surface area contributed by atoms with Crippen molar-refractivity contribution in [3.05, 3.63) is 56.0 Å². The normalized spacial score (nSPS) is 11.5. The maximum atomic E-state index is 12.4. The van der Waals surface area contributed by atoms with Gasteiger partial charge in [-0.3, -0.25) is 0 Å². The summed E-state index contributed by atoms with van der Waals surface area (Å²) in [6.07, 6.45) is 0. The second-order valence-corrected chi connectivity index (χ2v) is 7.69. The van der Waals surface area contributed by atoms with Gasteiger partial charge in [0, 0.05) is 15.6 Å². The summed E-state index contributed by atoms with van der Waals surface area (Å²) in [5.41, 5.74) is 1.37. The molecule has 112 valence electrons. The van der Waals surface area contributed by atoms with Gasteiger partial charge in [0.25, 0.3) is 0 Å². The lowest BCUT2D eigenvalue weighted by molar-refractivity contribution is 0.485. The molecular weight excluding hydrogens is 399 g/mol. The van der Waals surface area contributed by atoms with Crippen LogP contribution in [0.1, 0.15) is 11.1 Å². The van der Waals surface area contributed by atoms with Gasteiger partial charge in [-0.1, -0.05) is 39.1 Å². The molecular formula is C14H11BrCl2O3S. The predicted molar refractivity (Wildman–Crippen MR) is 87.9 cm³/mol. The lowest BCUT2D eigenvalue weighted by Crippen LogP contribution is -2.12. The van der Waals surface area contributed by atoms with Crippen LogP contribution < -0.4 is 4.18 Å². The van der Waals surface area contributed by atoms with E-state index in [2.05, 4.69) is 15.9 Å². The minimum Gasteiger partial charge on any atom is -0.377 e. The highest BCUT2D eigenvalue weighted by Crippen LogP contribution is 2.32. The maximum absolute atomic E-state index is 12.4. The second-order valence-electron chi connectivity index (χ2n) is 4.48. The quantitative estimate of drug-likeness (QED) is 0.659. The molecule has 0 atom stereocenters. The lowest BCUT2D eigenvalue weighted by atomic mass is 10.2. The summed E-state index contributed by atoms with van der Waals surface area (Å²) in [5, 5.41) is 0.516. The Morgan fingerprint density at radius 3 is 2.38 bits per heavy atom. The highest BCUT2D eigenvalue weighted by atomic mass is 79.9. The van der Waals surface area contributed by atoms with E-state index in [1.807, 2.05) is 0 Å². The van der Waals surface area contributed by atoms with Gasteiger partial charge in [0.2, 0.25) is 0 Å². The first kappa shape index (κ1) is 16.6. The van der Waals surface area contributed by atoms with Crippen molar-refractivity contribution in [3.63, 3.8) is 0 Å². The lowest BCUT2D eigenvalue weighted by Gasteiger charge is -2.12. The van der Waals surface area contributed by atoms with Crippen LogP contribution in [0.3, 0.4) is 0 Å². The first-order chi connectivity index (χ1) is 9.70. The molecule has 0 spiro atoms. The number of benzene rings is 2. The molecule has 0 bridgehead atoms. The zero-order valence-corrected chi connectivity index (χ0v) is 15.1. The number of hydrogen-bond donors (Lipinski definition) is 0. The molecule has 0 saturated heterocycles. The Balaban J connectivity index is 2.48. The summed E-state index contributed by atoms with van der Waals surface area (Å²) in [4.78, 5) is 0.0965. The molecule has 0 radical (unpaired) electrons. The van der Waals surface area contributed by atoms with E-state index in [1.165, 1.54) is 12.1 Å². The molecule has 0 unspecified atom stereocenters. The van der Waals surface area contributed by atoms with Crippen LogP contribution in [-0.4, -0.2) is 8.42 Å². The van der Waals surface area contributed by atoms with Gasteiger partial charge in [-0.2, -0.15) is 8.42 Å². The van der Waals surface area contributed by atoms with Gasteiger partial charge in [0.1, 0.15) is 4.90 Å². The van der Waals surface area contributed by atoms with Crippen molar-refractivity contribution in [1.82, 2.24) is 0 Å². The monoisotopic (exact) mass is 408 g/mol. The van der Waals surface area contributed by atoms with E-state index in [-0.39, 0.29) is 15.7 Å². The van der Waals surface area contributed by atoms with E-state index in [1.54, 1.807) is 32.0 Å². The zero-order chi connectivity index (χ0) is 15.8. The summed E-state index contributed by atoms with van der Waals surface area (Å²) < 4.78 is 30.8. The van der Waals surface area contributed by atoms with Gasteiger partial charge in [-0.15, -0.1) is 0 Å². The van der Waals surface area contributed by atoms with Crippen LogP contribution in [0.15, 0.2) is 39.7 Å². The second kappa shape index (κ2) is 6.16. The molecule has 0 amide bonds. The molecule has 0 aliphatic heterocycles. The Hall–Kier alpha value is -0.750. The molecule has 3 nitrogen and oxygen atoms in total. The fourth-order valence-corrected chi connectivity index (χ4v) is 3.79. The third-order valence-electron chi connectivity index (χ3n) is 2.82. The fraction of sp³-hybridized carbons (Fsp3) is 0.143.